The Bertz CT molecular complexity index is 1550. The first-order valence-electron chi connectivity index (χ1n) is 11.0. The zero-order chi connectivity index (χ0) is 23.7. The van der Waals surface area contributed by atoms with E-state index in [-0.39, 0.29) is 12.5 Å². The number of nitrogens with one attached hydrogen (secondary N) is 1. The van der Waals surface area contributed by atoms with Crippen LogP contribution in [0.2, 0.25) is 0 Å². The molecule has 3 aromatic carbocycles. The molecule has 170 valence electrons. The highest BCUT2D eigenvalue weighted by atomic mass is 16.5. The Hall–Kier alpha value is -4.46. The first-order chi connectivity index (χ1) is 16.6. The number of aryl methyl sites for hydroxylation is 1. The molecule has 2 heterocycles. The molecule has 0 aliphatic heterocycles. The molecule has 0 saturated heterocycles. The van der Waals surface area contributed by atoms with Crippen molar-refractivity contribution in [3.8, 4) is 17.1 Å². The van der Waals surface area contributed by atoms with Crippen molar-refractivity contribution in [1.82, 2.24) is 19.2 Å². The van der Waals surface area contributed by atoms with Crippen molar-refractivity contribution in [2.75, 3.05) is 12.4 Å². The van der Waals surface area contributed by atoms with Crippen LogP contribution in [0.5, 0.6) is 5.75 Å². The number of carbonyl (C=O) groups is 1. The molecule has 1 amide bonds. The lowest BCUT2D eigenvalue weighted by Crippen LogP contribution is -2.32. The topological polar surface area (TPSA) is 90.5 Å². The second kappa shape index (κ2) is 8.82. The Labute approximate surface area is 195 Å². The number of hydrogen-bond acceptors (Lipinski definition) is 5. The van der Waals surface area contributed by atoms with Gasteiger partial charge in [0.05, 0.1) is 12.6 Å². The van der Waals surface area contributed by atoms with Crippen molar-refractivity contribution in [2.24, 2.45) is 0 Å². The molecule has 0 aliphatic carbocycles. The summed E-state index contributed by atoms with van der Waals surface area (Å²) in [4.78, 5) is 30.8. The number of carbonyl (C=O) groups excluding carboxylic acids is 1. The molecule has 0 radical (unpaired) electrons. The molecule has 0 saturated carbocycles. The molecular formula is C26H23N5O3. The van der Waals surface area contributed by atoms with Crippen LogP contribution in [0.1, 0.15) is 12.5 Å². The monoisotopic (exact) mass is 453 g/mol. The maximum atomic E-state index is 13.4. The Morgan fingerprint density at radius 1 is 1.00 bits per heavy atom. The normalized spacial score (nSPS) is 11.1. The average Bonchev–Trinajstić information content (AvgIpc) is 3.33. The second-order valence-corrected chi connectivity index (χ2v) is 7.88. The Balaban J connectivity index is 1.55. The summed E-state index contributed by atoms with van der Waals surface area (Å²) in [6.45, 7) is 1.92. The minimum atomic E-state index is -0.433. The standard InChI is InChI=1S/C26H23N5O3/c1-3-17-8-12-19(13-9-17)27-23(32)16-30-22-7-5-4-6-21(22)25-28-24(29-31(25)26(30)33)18-10-14-20(34-2)15-11-18/h4-15H,3,16H2,1-2H3,(H,27,32). The molecule has 8 heteroatoms. The lowest BCUT2D eigenvalue weighted by Gasteiger charge is -2.11. The van der Waals surface area contributed by atoms with Crippen LogP contribution >= 0.6 is 0 Å². The molecule has 5 aromatic rings. The van der Waals surface area contributed by atoms with Gasteiger partial charge in [-0.25, -0.2) is 9.78 Å². The Kier molecular flexibility index (Phi) is 5.55. The third-order valence-electron chi connectivity index (χ3n) is 5.75. The van der Waals surface area contributed by atoms with E-state index in [2.05, 4.69) is 22.3 Å². The maximum Gasteiger partial charge on any atom is 0.351 e. The van der Waals surface area contributed by atoms with E-state index in [0.29, 0.717) is 22.7 Å². The summed E-state index contributed by atoms with van der Waals surface area (Å²) in [7, 11) is 1.60. The van der Waals surface area contributed by atoms with E-state index in [4.69, 9.17) is 4.74 Å². The van der Waals surface area contributed by atoms with E-state index < -0.39 is 5.69 Å². The highest BCUT2D eigenvalue weighted by Crippen LogP contribution is 2.23. The van der Waals surface area contributed by atoms with Gasteiger partial charge in [0.2, 0.25) is 5.91 Å². The van der Waals surface area contributed by atoms with Gasteiger partial charge in [0.15, 0.2) is 11.5 Å². The molecule has 0 atom stereocenters. The molecule has 0 bridgehead atoms. The van der Waals surface area contributed by atoms with Gasteiger partial charge >= 0.3 is 5.69 Å². The van der Waals surface area contributed by atoms with Crippen LogP contribution in [0, 0.1) is 0 Å². The third kappa shape index (κ3) is 3.90. The van der Waals surface area contributed by atoms with Crippen LogP contribution in [-0.2, 0) is 17.8 Å². The number of ether oxygens (including phenoxy) is 1. The SMILES string of the molecule is CCc1ccc(NC(=O)Cn2c(=O)n3nc(-c4ccc(OC)cc4)nc3c3ccccc32)cc1. The summed E-state index contributed by atoms with van der Waals surface area (Å²) >= 11 is 0. The Morgan fingerprint density at radius 2 is 1.74 bits per heavy atom. The molecule has 0 aliphatic rings. The van der Waals surface area contributed by atoms with Crippen LogP contribution in [-0.4, -0.2) is 32.2 Å². The number of rotatable bonds is 6. The van der Waals surface area contributed by atoms with Crippen LogP contribution in [0.25, 0.3) is 27.9 Å². The van der Waals surface area contributed by atoms with Crippen molar-refractivity contribution in [3.63, 3.8) is 0 Å². The molecule has 2 aromatic heterocycles. The van der Waals surface area contributed by atoms with Crippen molar-refractivity contribution < 1.29 is 9.53 Å². The first kappa shape index (κ1) is 21.4. The van der Waals surface area contributed by atoms with Gasteiger partial charge in [-0.3, -0.25) is 9.36 Å². The van der Waals surface area contributed by atoms with Gasteiger partial charge in [0, 0.05) is 16.6 Å². The van der Waals surface area contributed by atoms with Crippen molar-refractivity contribution in [3.05, 3.63) is 88.8 Å². The molecule has 8 nitrogen and oxygen atoms in total. The average molecular weight is 454 g/mol. The van der Waals surface area contributed by atoms with E-state index in [1.807, 2.05) is 72.8 Å². The molecule has 0 unspecified atom stereocenters. The summed E-state index contributed by atoms with van der Waals surface area (Å²) in [5, 5.41) is 8.06. The van der Waals surface area contributed by atoms with Crippen LogP contribution in [0.4, 0.5) is 5.69 Å². The van der Waals surface area contributed by atoms with Gasteiger partial charge < -0.3 is 10.1 Å². The predicted molar refractivity (Wildman–Crippen MR) is 131 cm³/mol. The fourth-order valence-electron chi connectivity index (χ4n) is 3.92. The summed E-state index contributed by atoms with van der Waals surface area (Å²) in [6, 6.07) is 22.3. The number of hydrogen-bond donors (Lipinski definition) is 1. The molecule has 1 N–H and O–H groups in total. The van der Waals surface area contributed by atoms with Gasteiger partial charge in [0.1, 0.15) is 12.3 Å². The lowest BCUT2D eigenvalue weighted by atomic mass is 10.1. The zero-order valence-corrected chi connectivity index (χ0v) is 18.9. The molecule has 0 fully saturated rings. The minimum Gasteiger partial charge on any atom is -0.497 e. The maximum absolute atomic E-state index is 13.4. The molecule has 5 rings (SSSR count). The smallest absolute Gasteiger partial charge is 0.351 e. The zero-order valence-electron chi connectivity index (χ0n) is 18.9. The summed E-state index contributed by atoms with van der Waals surface area (Å²) in [5.41, 5.74) is 3.25. The van der Waals surface area contributed by atoms with E-state index >= 15 is 0 Å². The van der Waals surface area contributed by atoms with Gasteiger partial charge in [-0.2, -0.15) is 4.52 Å². The first-order valence-corrected chi connectivity index (χ1v) is 11.0. The van der Waals surface area contributed by atoms with Gasteiger partial charge in [0.25, 0.3) is 0 Å². The fourth-order valence-corrected chi connectivity index (χ4v) is 3.92. The fraction of sp³-hybridized carbons (Fsp3) is 0.154. The van der Waals surface area contributed by atoms with E-state index in [1.165, 1.54) is 14.6 Å². The largest absolute Gasteiger partial charge is 0.497 e. The van der Waals surface area contributed by atoms with E-state index in [0.717, 1.165) is 23.1 Å². The number of anilines is 1. The number of para-hydroxylation sites is 1. The van der Waals surface area contributed by atoms with Crippen LogP contribution in [0.15, 0.2) is 77.6 Å². The summed E-state index contributed by atoms with van der Waals surface area (Å²) in [6.07, 6.45) is 0.923. The minimum absolute atomic E-state index is 0.150. The van der Waals surface area contributed by atoms with Crippen molar-refractivity contribution >= 4 is 28.1 Å². The van der Waals surface area contributed by atoms with Gasteiger partial charge in [-0.15, -0.1) is 5.10 Å². The van der Waals surface area contributed by atoms with Crippen LogP contribution < -0.4 is 15.7 Å². The van der Waals surface area contributed by atoms with Gasteiger partial charge in [-0.1, -0.05) is 31.2 Å². The predicted octanol–water partition coefficient (Wildman–Crippen LogP) is 3.92. The van der Waals surface area contributed by atoms with Crippen molar-refractivity contribution in [1.29, 1.82) is 0 Å². The number of methoxy groups -OCH3 is 1. The molecule has 34 heavy (non-hydrogen) atoms. The highest BCUT2D eigenvalue weighted by molar-refractivity contribution is 5.95. The number of amides is 1. The lowest BCUT2D eigenvalue weighted by molar-refractivity contribution is -0.116. The summed E-state index contributed by atoms with van der Waals surface area (Å²) < 4.78 is 7.89. The number of benzene rings is 3. The number of fused-ring (bicyclic) bond motifs is 3. The van der Waals surface area contributed by atoms with Crippen molar-refractivity contribution in [2.45, 2.75) is 19.9 Å². The summed E-state index contributed by atoms with van der Waals surface area (Å²) in [5.74, 6) is 0.838. The second-order valence-electron chi connectivity index (χ2n) is 7.88. The number of aromatic nitrogens is 4. The molecular weight excluding hydrogens is 430 g/mol. The third-order valence-corrected chi connectivity index (χ3v) is 5.75. The van der Waals surface area contributed by atoms with E-state index in [1.54, 1.807) is 7.11 Å². The number of nitrogens with zero attached hydrogens (tertiary/aromatic N) is 4. The van der Waals surface area contributed by atoms with Gasteiger partial charge in [-0.05, 0) is 60.5 Å². The van der Waals surface area contributed by atoms with Crippen LogP contribution in [0.3, 0.4) is 0 Å². The quantitative estimate of drug-likeness (QED) is 0.421. The highest BCUT2D eigenvalue weighted by Gasteiger charge is 2.17. The van der Waals surface area contributed by atoms with E-state index in [9.17, 15) is 9.59 Å². The Morgan fingerprint density at radius 3 is 2.44 bits per heavy atom. The molecule has 0 spiro atoms.